The van der Waals surface area contributed by atoms with Crippen molar-refractivity contribution in [1.29, 1.82) is 0 Å². The van der Waals surface area contributed by atoms with Gasteiger partial charge in [0.05, 0.1) is 12.7 Å². The van der Waals surface area contributed by atoms with E-state index in [9.17, 15) is 9.50 Å². The predicted molar refractivity (Wildman–Crippen MR) is 63.0 cm³/mol. The topological polar surface area (TPSA) is 55.5 Å². The van der Waals surface area contributed by atoms with E-state index in [2.05, 4.69) is 0 Å². The van der Waals surface area contributed by atoms with Gasteiger partial charge in [-0.15, -0.1) is 0 Å². The van der Waals surface area contributed by atoms with Gasteiger partial charge in [0, 0.05) is 18.6 Å². The van der Waals surface area contributed by atoms with Crippen molar-refractivity contribution in [3.05, 3.63) is 35.1 Å². The lowest BCUT2D eigenvalue weighted by Crippen LogP contribution is -2.37. The van der Waals surface area contributed by atoms with Gasteiger partial charge in [-0.1, -0.05) is 12.1 Å². The first-order valence-corrected chi connectivity index (χ1v) is 5.81. The van der Waals surface area contributed by atoms with Crippen LogP contribution < -0.4 is 5.73 Å². The number of aliphatic hydroxyl groups excluding tert-OH is 1. The lowest BCUT2D eigenvalue weighted by molar-refractivity contribution is 0.0190. The van der Waals surface area contributed by atoms with Crippen LogP contribution in [0.3, 0.4) is 0 Å². The van der Waals surface area contributed by atoms with Crippen LogP contribution in [0.25, 0.3) is 0 Å². The van der Waals surface area contributed by atoms with Gasteiger partial charge in [0.15, 0.2) is 0 Å². The van der Waals surface area contributed by atoms with Gasteiger partial charge in [-0.05, 0) is 30.5 Å². The van der Waals surface area contributed by atoms with Crippen molar-refractivity contribution >= 4 is 0 Å². The molecule has 2 atom stereocenters. The predicted octanol–water partition coefficient (Wildman–Crippen LogP) is 1.53. The van der Waals surface area contributed by atoms with Crippen molar-refractivity contribution in [2.75, 3.05) is 19.8 Å². The van der Waals surface area contributed by atoms with Gasteiger partial charge in [0.25, 0.3) is 0 Å². The molecule has 0 radical (unpaired) electrons. The second kappa shape index (κ2) is 4.72. The summed E-state index contributed by atoms with van der Waals surface area (Å²) in [4.78, 5) is 0. The molecule has 1 aromatic carbocycles. The third-order valence-electron chi connectivity index (χ3n) is 3.62. The molecule has 2 unspecified atom stereocenters. The Morgan fingerprint density at radius 3 is 2.88 bits per heavy atom. The largest absolute Gasteiger partial charge is 0.388 e. The van der Waals surface area contributed by atoms with E-state index in [0.29, 0.717) is 30.9 Å². The van der Waals surface area contributed by atoms with Crippen LogP contribution in [0.1, 0.15) is 23.7 Å². The molecule has 3 N–H and O–H groups in total. The first-order valence-electron chi connectivity index (χ1n) is 5.81. The second-order valence-electron chi connectivity index (χ2n) is 4.78. The Morgan fingerprint density at radius 1 is 1.59 bits per heavy atom. The van der Waals surface area contributed by atoms with Crippen molar-refractivity contribution < 1.29 is 14.2 Å². The maximum Gasteiger partial charge on any atom is 0.126 e. The number of aliphatic hydroxyl groups is 1. The van der Waals surface area contributed by atoms with Gasteiger partial charge in [-0.3, -0.25) is 0 Å². The highest BCUT2D eigenvalue weighted by atomic mass is 19.1. The molecule has 1 heterocycles. The molecule has 0 saturated carbocycles. The minimum absolute atomic E-state index is 0.259. The molecule has 0 amide bonds. The Hall–Kier alpha value is -0.970. The summed E-state index contributed by atoms with van der Waals surface area (Å²) in [6.07, 6.45) is 0.0375. The summed E-state index contributed by atoms with van der Waals surface area (Å²) in [5, 5.41) is 10.4. The summed E-state index contributed by atoms with van der Waals surface area (Å²) in [5.41, 5.74) is 6.58. The fraction of sp³-hybridized carbons (Fsp3) is 0.538. The Kier molecular flexibility index (Phi) is 3.47. The number of hydrogen-bond acceptors (Lipinski definition) is 3. The maximum absolute atomic E-state index is 13.2. The van der Waals surface area contributed by atoms with Gasteiger partial charge in [0.1, 0.15) is 5.82 Å². The number of rotatable bonds is 3. The normalized spacial score (nSPS) is 26.1. The molecule has 1 saturated heterocycles. The molecule has 94 valence electrons. The Morgan fingerprint density at radius 2 is 2.35 bits per heavy atom. The first kappa shape index (κ1) is 12.5. The number of benzene rings is 1. The Balaban J connectivity index is 2.29. The molecule has 1 aliphatic rings. The molecule has 0 spiro atoms. The molecule has 1 aromatic rings. The van der Waals surface area contributed by atoms with E-state index in [1.165, 1.54) is 6.07 Å². The fourth-order valence-electron chi connectivity index (χ4n) is 2.30. The fourth-order valence-corrected chi connectivity index (χ4v) is 2.30. The first-order chi connectivity index (χ1) is 8.09. The van der Waals surface area contributed by atoms with Gasteiger partial charge >= 0.3 is 0 Å². The SMILES string of the molecule is Cc1cc(C(O)C2(CN)CCOC2)ccc1F. The van der Waals surface area contributed by atoms with Crippen LogP contribution in [0, 0.1) is 18.2 Å². The van der Waals surface area contributed by atoms with Gasteiger partial charge in [-0.2, -0.15) is 0 Å². The molecule has 1 fully saturated rings. The van der Waals surface area contributed by atoms with E-state index in [0.717, 1.165) is 6.42 Å². The molecule has 17 heavy (non-hydrogen) atoms. The molecule has 0 bridgehead atoms. The average Bonchev–Trinajstić information content (AvgIpc) is 2.81. The summed E-state index contributed by atoms with van der Waals surface area (Å²) in [6.45, 7) is 3.13. The second-order valence-corrected chi connectivity index (χ2v) is 4.78. The van der Waals surface area contributed by atoms with Crippen molar-refractivity contribution in [2.45, 2.75) is 19.4 Å². The van der Waals surface area contributed by atoms with Crippen molar-refractivity contribution in [3.8, 4) is 0 Å². The number of aryl methyl sites for hydroxylation is 1. The summed E-state index contributed by atoms with van der Waals surface area (Å²) in [6, 6.07) is 4.67. The molecule has 2 rings (SSSR count). The average molecular weight is 239 g/mol. The number of halogens is 1. The van der Waals surface area contributed by atoms with E-state index in [4.69, 9.17) is 10.5 Å². The Bertz CT molecular complexity index is 402. The third-order valence-corrected chi connectivity index (χ3v) is 3.62. The molecular weight excluding hydrogens is 221 g/mol. The Labute approximate surface area is 100 Å². The third kappa shape index (κ3) is 2.20. The quantitative estimate of drug-likeness (QED) is 0.841. The van der Waals surface area contributed by atoms with E-state index in [-0.39, 0.29) is 5.82 Å². The standard InChI is InChI=1S/C13H18FNO2/c1-9-6-10(2-3-11(9)14)12(16)13(7-15)4-5-17-8-13/h2-3,6,12,16H,4-5,7-8,15H2,1H3. The highest BCUT2D eigenvalue weighted by molar-refractivity contribution is 5.27. The van der Waals surface area contributed by atoms with Crippen molar-refractivity contribution in [1.82, 2.24) is 0 Å². The van der Waals surface area contributed by atoms with Gasteiger partial charge in [-0.25, -0.2) is 4.39 Å². The van der Waals surface area contributed by atoms with E-state index in [1.807, 2.05) is 0 Å². The molecule has 1 aliphatic heterocycles. The number of ether oxygens (including phenoxy) is 1. The summed E-state index contributed by atoms with van der Waals surface area (Å²) >= 11 is 0. The zero-order valence-corrected chi connectivity index (χ0v) is 9.95. The van der Waals surface area contributed by atoms with Crippen LogP contribution in [-0.4, -0.2) is 24.9 Å². The van der Waals surface area contributed by atoms with E-state index in [1.54, 1.807) is 19.1 Å². The van der Waals surface area contributed by atoms with E-state index >= 15 is 0 Å². The molecule has 4 heteroatoms. The van der Waals surface area contributed by atoms with Crippen LogP contribution in [0.2, 0.25) is 0 Å². The summed E-state index contributed by atoms with van der Waals surface area (Å²) in [5.74, 6) is -0.259. The number of hydrogen-bond donors (Lipinski definition) is 2. The maximum atomic E-state index is 13.2. The lowest BCUT2D eigenvalue weighted by atomic mass is 9.78. The highest BCUT2D eigenvalue weighted by Crippen LogP contribution is 2.40. The van der Waals surface area contributed by atoms with Crippen LogP contribution in [0.4, 0.5) is 4.39 Å². The zero-order valence-electron chi connectivity index (χ0n) is 9.95. The van der Waals surface area contributed by atoms with Gasteiger partial charge in [0.2, 0.25) is 0 Å². The zero-order chi connectivity index (χ0) is 12.5. The van der Waals surface area contributed by atoms with Crippen LogP contribution >= 0.6 is 0 Å². The van der Waals surface area contributed by atoms with E-state index < -0.39 is 11.5 Å². The highest BCUT2D eigenvalue weighted by Gasteiger charge is 2.41. The number of nitrogens with two attached hydrogens (primary N) is 1. The lowest BCUT2D eigenvalue weighted by Gasteiger charge is -2.31. The van der Waals surface area contributed by atoms with Gasteiger partial charge < -0.3 is 15.6 Å². The minimum atomic E-state index is -0.700. The van der Waals surface area contributed by atoms with Crippen LogP contribution in [-0.2, 0) is 4.74 Å². The van der Waals surface area contributed by atoms with Crippen LogP contribution in [0.5, 0.6) is 0 Å². The van der Waals surface area contributed by atoms with Crippen molar-refractivity contribution in [2.24, 2.45) is 11.1 Å². The molecular formula is C13H18FNO2. The summed E-state index contributed by atoms with van der Waals surface area (Å²) < 4.78 is 18.5. The van der Waals surface area contributed by atoms with Crippen LogP contribution in [0.15, 0.2) is 18.2 Å². The molecule has 0 aromatic heterocycles. The minimum Gasteiger partial charge on any atom is -0.388 e. The van der Waals surface area contributed by atoms with Crippen molar-refractivity contribution in [3.63, 3.8) is 0 Å². The summed E-state index contributed by atoms with van der Waals surface area (Å²) in [7, 11) is 0. The molecule has 0 aliphatic carbocycles. The molecule has 3 nitrogen and oxygen atoms in total. The smallest absolute Gasteiger partial charge is 0.126 e. The monoisotopic (exact) mass is 239 g/mol.